The maximum Gasteiger partial charge on any atom is 0.156 e. The number of thioether (sulfide) groups is 1. The molecule has 0 atom stereocenters. The first-order chi connectivity index (χ1) is 8.69. The molecule has 0 aliphatic rings. The SMILES string of the molecule is CCOc1c(Br)cc(Cl)cc1NCCCCSC. The van der Waals surface area contributed by atoms with Crippen molar-refractivity contribution in [3.63, 3.8) is 0 Å². The van der Waals surface area contributed by atoms with Crippen LogP contribution in [0.2, 0.25) is 5.02 Å². The summed E-state index contributed by atoms with van der Waals surface area (Å²) in [7, 11) is 0. The van der Waals surface area contributed by atoms with Gasteiger partial charge in [-0.1, -0.05) is 11.6 Å². The number of nitrogens with one attached hydrogen (secondary N) is 1. The Kier molecular flexibility index (Phi) is 7.95. The molecule has 0 saturated heterocycles. The molecule has 1 N–H and O–H groups in total. The van der Waals surface area contributed by atoms with E-state index in [-0.39, 0.29) is 0 Å². The third-order valence-corrected chi connectivity index (χ3v) is 3.89. The molecule has 1 aromatic rings. The van der Waals surface area contributed by atoms with Gasteiger partial charge >= 0.3 is 0 Å². The predicted molar refractivity (Wildman–Crippen MR) is 86.4 cm³/mol. The van der Waals surface area contributed by atoms with E-state index in [4.69, 9.17) is 16.3 Å². The number of ether oxygens (including phenoxy) is 1. The summed E-state index contributed by atoms with van der Waals surface area (Å²) in [6, 6.07) is 3.76. The van der Waals surface area contributed by atoms with Gasteiger partial charge in [-0.05, 0) is 59.8 Å². The van der Waals surface area contributed by atoms with Crippen LogP contribution in [0.3, 0.4) is 0 Å². The molecule has 0 spiro atoms. The Balaban J connectivity index is 2.62. The average molecular weight is 353 g/mol. The van der Waals surface area contributed by atoms with Crippen molar-refractivity contribution < 1.29 is 4.74 Å². The minimum atomic E-state index is 0.640. The van der Waals surface area contributed by atoms with Gasteiger partial charge in [0, 0.05) is 11.6 Å². The molecule has 1 rings (SSSR count). The van der Waals surface area contributed by atoms with Crippen molar-refractivity contribution >= 4 is 45.0 Å². The Morgan fingerprint density at radius 2 is 2.17 bits per heavy atom. The molecule has 0 fully saturated rings. The summed E-state index contributed by atoms with van der Waals surface area (Å²) in [5, 5.41) is 4.10. The van der Waals surface area contributed by atoms with Crippen molar-refractivity contribution in [2.24, 2.45) is 0 Å². The molecular weight excluding hydrogens is 334 g/mol. The van der Waals surface area contributed by atoms with Crippen LogP contribution in [0.4, 0.5) is 5.69 Å². The summed E-state index contributed by atoms with van der Waals surface area (Å²) in [5.41, 5.74) is 0.959. The molecule has 102 valence electrons. The predicted octanol–water partition coefficient (Wildman–Crippen LogP) is 5.06. The molecule has 0 aromatic heterocycles. The summed E-state index contributed by atoms with van der Waals surface area (Å²) < 4.78 is 6.52. The smallest absolute Gasteiger partial charge is 0.156 e. The monoisotopic (exact) mass is 351 g/mol. The van der Waals surface area contributed by atoms with Crippen LogP contribution in [0, 0.1) is 0 Å². The first-order valence-corrected chi connectivity index (χ1v) is 8.60. The topological polar surface area (TPSA) is 21.3 Å². The summed E-state index contributed by atoms with van der Waals surface area (Å²) in [6.07, 6.45) is 4.51. The van der Waals surface area contributed by atoms with Gasteiger partial charge in [-0.2, -0.15) is 11.8 Å². The molecule has 0 aliphatic heterocycles. The van der Waals surface area contributed by atoms with Gasteiger partial charge in [0.15, 0.2) is 5.75 Å². The van der Waals surface area contributed by atoms with Crippen LogP contribution >= 0.6 is 39.3 Å². The van der Waals surface area contributed by atoms with E-state index in [0.717, 1.165) is 28.9 Å². The molecular formula is C13H19BrClNOS. The maximum absolute atomic E-state index is 6.06. The van der Waals surface area contributed by atoms with Gasteiger partial charge in [0.2, 0.25) is 0 Å². The van der Waals surface area contributed by atoms with Gasteiger partial charge < -0.3 is 10.1 Å². The first-order valence-electron chi connectivity index (χ1n) is 6.03. The number of anilines is 1. The quantitative estimate of drug-likeness (QED) is 0.661. The fraction of sp³-hybridized carbons (Fsp3) is 0.538. The lowest BCUT2D eigenvalue weighted by Gasteiger charge is -2.14. The largest absolute Gasteiger partial charge is 0.491 e. The van der Waals surface area contributed by atoms with E-state index in [1.807, 2.05) is 30.8 Å². The van der Waals surface area contributed by atoms with Crippen molar-refractivity contribution in [2.45, 2.75) is 19.8 Å². The van der Waals surface area contributed by atoms with E-state index < -0.39 is 0 Å². The van der Waals surface area contributed by atoms with Crippen LogP contribution in [0.5, 0.6) is 5.75 Å². The zero-order valence-electron chi connectivity index (χ0n) is 10.8. The zero-order chi connectivity index (χ0) is 13.4. The maximum atomic E-state index is 6.06. The first kappa shape index (κ1) is 16.0. The minimum Gasteiger partial charge on any atom is -0.491 e. The van der Waals surface area contributed by atoms with Crippen LogP contribution in [-0.2, 0) is 0 Å². The number of unbranched alkanes of at least 4 members (excludes halogenated alkanes) is 1. The summed E-state index contributed by atoms with van der Waals surface area (Å²) in [6.45, 7) is 3.55. The Bertz CT molecular complexity index is 376. The second kappa shape index (κ2) is 8.94. The molecule has 2 nitrogen and oxygen atoms in total. The molecule has 5 heteroatoms. The van der Waals surface area contributed by atoms with Gasteiger partial charge in [-0.25, -0.2) is 0 Å². The fourth-order valence-electron chi connectivity index (χ4n) is 1.58. The van der Waals surface area contributed by atoms with Gasteiger partial charge in [0.25, 0.3) is 0 Å². The molecule has 0 radical (unpaired) electrons. The van der Waals surface area contributed by atoms with E-state index in [9.17, 15) is 0 Å². The highest BCUT2D eigenvalue weighted by Gasteiger charge is 2.09. The second-order valence-electron chi connectivity index (χ2n) is 3.82. The van der Waals surface area contributed by atoms with E-state index in [2.05, 4.69) is 27.5 Å². The summed E-state index contributed by atoms with van der Waals surface area (Å²) in [5.74, 6) is 2.05. The lowest BCUT2D eigenvalue weighted by atomic mass is 10.2. The highest BCUT2D eigenvalue weighted by molar-refractivity contribution is 9.10. The van der Waals surface area contributed by atoms with Gasteiger partial charge in [0.1, 0.15) is 0 Å². The summed E-state index contributed by atoms with van der Waals surface area (Å²) >= 11 is 11.4. The number of rotatable bonds is 8. The fourth-order valence-corrected chi connectivity index (χ4v) is 2.99. The van der Waals surface area contributed by atoms with Gasteiger partial charge in [-0.3, -0.25) is 0 Å². The zero-order valence-corrected chi connectivity index (χ0v) is 13.9. The van der Waals surface area contributed by atoms with Gasteiger partial charge in [-0.15, -0.1) is 0 Å². The highest BCUT2D eigenvalue weighted by atomic mass is 79.9. The van der Waals surface area contributed by atoms with E-state index in [1.165, 1.54) is 12.2 Å². The molecule has 0 unspecified atom stereocenters. The molecule has 1 aromatic carbocycles. The Morgan fingerprint density at radius 1 is 1.39 bits per heavy atom. The molecule has 0 saturated carbocycles. The Morgan fingerprint density at radius 3 is 2.83 bits per heavy atom. The van der Waals surface area contributed by atoms with Crippen LogP contribution in [0.1, 0.15) is 19.8 Å². The lowest BCUT2D eigenvalue weighted by Crippen LogP contribution is -2.05. The normalized spacial score (nSPS) is 10.4. The minimum absolute atomic E-state index is 0.640. The van der Waals surface area contributed by atoms with Crippen LogP contribution in [0.15, 0.2) is 16.6 Å². The van der Waals surface area contributed by atoms with Gasteiger partial charge in [0.05, 0.1) is 16.8 Å². The molecule has 0 aliphatic carbocycles. The van der Waals surface area contributed by atoms with E-state index >= 15 is 0 Å². The van der Waals surface area contributed by atoms with Crippen molar-refractivity contribution in [1.29, 1.82) is 0 Å². The van der Waals surface area contributed by atoms with Crippen LogP contribution < -0.4 is 10.1 Å². The molecule has 18 heavy (non-hydrogen) atoms. The highest BCUT2D eigenvalue weighted by Crippen LogP contribution is 2.36. The number of hydrogen-bond acceptors (Lipinski definition) is 3. The van der Waals surface area contributed by atoms with Crippen molar-refractivity contribution in [3.8, 4) is 5.75 Å². The van der Waals surface area contributed by atoms with E-state index in [1.54, 1.807) is 0 Å². The van der Waals surface area contributed by atoms with Crippen LogP contribution in [-0.4, -0.2) is 25.2 Å². The average Bonchev–Trinajstić information content (AvgIpc) is 2.33. The second-order valence-corrected chi connectivity index (χ2v) is 6.10. The summed E-state index contributed by atoms with van der Waals surface area (Å²) in [4.78, 5) is 0. The van der Waals surface area contributed by atoms with Crippen molar-refractivity contribution in [2.75, 3.05) is 30.5 Å². The molecule has 0 amide bonds. The van der Waals surface area contributed by atoms with Crippen molar-refractivity contribution in [3.05, 3.63) is 21.6 Å². The van der Waals surface area contributed by atoms with Crippen molar-refractivity contribution in [1.82, 2.24) is 0 Å². The number of benzene rings is 1. The Hall–Kier alpha value is -0.0600. The Labute approximate surface area is 127 Å². The lowest BCUT2D eigenvalue weighted by molar-refractivity contribution is 0.339. The third-order valence-electron chi connectivity index (χ3n) is 2.39. The third kappa shape index (κ3) is 5.29. The van der Waals surface area contributed by atoms with Crippen LogP contribution in [0.25, 0.3) is 0 Å². The number of halogens is 2. The standard InChI is InChI=1S/C13H19BrClNOS/c1-3-17-13-11(14)8-10(15)9-12(13)16-6-4-5-7-18-2/h8-9,16H,3-7H2,1-2H3. The molecule has 0 bridgehead atoms. The van der Waals surface area contributed by atoms with E-state index in [0.29, 0.717) is 11.6 Å². The molecule has 0 heterocycles. The number of hydrogen-bond donors (Lipinski definition) is 1.